The standard InChI is InChI=1S/C14H16FN3OS/c1-2-3-11-7-13(19)18-14(17-11)20-8-9-4-5-10(16)6-12(9)15/h4-7H,2-3,8,16H2,1H3,(H,17,18,19). The second kappa shape index (κ2) is 6.56. The zero-order valence-corrected chi connectivity index (χ0v) is 12.0. The van der Waals surface area contributed by atoms with Gasteiger partial charge in [-0.05, 0) is 24.1 Å². The lowest BCUT2D eigenvalue weighted by atomic mass is 10.2. The number of aromatic nitrogens is 2. The zero-order chi connectivity index (χ0) is 14.5. The van der Waals surface area contributed by atoms with E-state index in [1.165, 1.54) is 23.9 Å². The Kier molecular flexibility index (Phi) is 4.79. The van der Waals surface area contributed by atoms with Gasteiger partial charge in [-0.3, -0.25) is 4.79 Å². The van der Waals surface area contributed by atoms with Gasteiger partial charge in [-0.2, -0.15) is 0 Å². The SMILES string of the molecule is CCCc1cc(=O)[nH]c(SCc2ccc(N)cc2F)n1. The van der Waals surface area contributed by atoms with Gasteiger partial charge in [-0.15, -0.1) is 0 Å². The van der Waals surface area contributed by atoms with Crippen LogP contribution in [0.25, 0.3) is 0 Å². The summed E-state index contributed by atoms with van der Waals surface area (Å²) in [6, 6.07) is 6.09. The lowest BCUT2D eigenvalue weighted by molar-refractivity contribution is 0.618. The molecule has 0 amide bonds. The molecule has 2 rings (SSSR count). The van der Waals surface area contributed by atoms with Crippen LogP contribution < -0.4 is 11.3 Å². The number of nitrogens with two attached hydrogens (primary N) is 1. The monoisotopic (exact) mass is 293 g/mol. The van der Waals surface area contributed by atoms with Crippen LogP contribution in [0.2, 0.25) is 0 Å². The number of nitrogens with one attached hydrogen (secondary N) is 1. The summed E-state index contributed by atoms with van der Waals surface area (Å²) < 4.78 is 13.6. The van der Waals surface area contributed by atoms with Gasteiger partial charge >= 0.3 is 0 Å². The highest BCUT2D eigenvalue weighted by Crippen LogP contribution is 2.21. The van der Waals surface area contributed by atoms with Crippen LogP contribution in [0.1, 0.15) is 24.6 Å². The van der Waals surface area contributed by atoms with Crippen molar-refractivity contribution in [2.45, 2.75) is 30.7 Å². The molecule has 1 aromatic carbocycles. The number of aryl methyl sites for hydroxylation is 1. The van der Waals surface area contributed by atoms with E-state index in [1.54, 1.807) is 12.1 Å². The second-order valence-electron chi connectivity index (χ2n) is 4.43. The predicted octanol–water partition coefficient (Wildman–Crippen LogP) is 2.74. The minimum atomic E-state index is -0.343. The van der Waals surface area contributed by atoms with Crippen molar-refractivity contribution < 1.29 is 4.39 Å². The van der Waals surface area contributed by atoms with Crippen molar-refractivity contribution >= 4 is 17.4 Å². The van der Waals surface area contributed by atoms with Gasteiger partial charge in [-0.25, -0.2) is 9.37 Å². The number of hydrogen-bond acceptors (Lipinski definition) is 4. The molecule has 0 aliphatic heterocycles. The highest BCUT2D eigenvalue weighted by molar-refractivity contribution is 7.98. The van der Waals surface area contributed by atoms with Gasteiger partial charge in [0.25, 0.3) is 5.56 Å². The molecule has 0 saturated heterocycles. The largest absolute Gasteiger partial charge is 0.399 e. The molecule has 0 atom stereocenters. The molecule has 6 heteroatoms. The van der Waals surface area contributed by atoms with Crippen molar-refractivity contribution in [3.05, 3.63) is 51.7 Å². The van der Waals surface area contributed by atoms with E-state index in [-0.39, 0.29) is 11.4 Å². The molecule has 1 aromatic heterocycles. The minimum absolute atomic E-state index is 0.177. The van der Waals surface area contributed by atoms with E-state index < -0.39 is 0 Å². The fourth-order valence-electron chi connectivity index (χ4n) is 1.76. The summed E-state index contributed by atoms with van der Waals surface area (Å²) in [5, 5.41) is 0.511. The molecule has 0 spiro atoms. The third-order valence-electron chi connectivity index (χ3n) is 2.72. The normalized spacial score (nSPS) is 10.7. The van der Waals surface area contributed by atoms with E-state index in [4.69, 9.17) is 5.73 Å². The summed E-state index contributed by atoms with van der Waals surface area (Å²) >= 11 is 1.30. The van der Waals surface area contributed by atoms with E-state index in [0.29, 0.717) is 22.2 Å². The summed E-state index contributed by atoms with van der Waals surface area (Å²) in [6.45, 7) is 2.03. The molecule has 0 bridgehead atoms. The molecule has 4 nitrogen and oxygen atoms in total. The second-order valence-corrected chi connectivity index (χ2v) is 5.40. The highest BCUT2D eigenvalue weighted by atomic mass is 32.2. The quantitative estimate of drug-likeness (QED) is 0.505. The number of H-pyrrole nitrogens is 1. The zero-order valence-electron chi connectivity index (χ0n) is 11.1. The van der Waals surface area contributed by atoms with Crippen molar-refractivity contribution in [2.24, 2.45) is 0 Å². The molecule has 0 aliphatic rings. The average molecular weight is 293 g/mol. The molecule has 0 fully saturated rings. The fourth-order valence-corrected chi connectivity index (χ4v) is 2.64. The molecule has 1 heterocycles. The van der Waals surface area contributed by atoms with E-state index in [9.17, 15) is 9.18 Å². The number of hydrogen-bond donors (Lipinski definition) is 2. The maximum Gasteiger partial charge on any atom is 0.251 e. The van der Waals surface area contributed by atoms with Gasteiger partial charge < -0.3 is 10.7 Å². The van der Waals surface area contributed by atoms with Crippen LogP contribution >= 0.6 is 11.8 Å². The van der Waals surface area contributed by atoms with Crippen LogP contribution in [0.3, 0.4) is 0 Å². The van der Waals surface area contributed by atoms with Crippen molar-refractivity contribution in [1.82, 2.24) is 9.97 Å². The van der Waals surface area contributed by atoms with Gasteiger partial charge in [0, 0.05) is 23.2 Å². The van der Waals surface area contributed by atoms with Crippen LogP contribution in [-0.2, 0) is 12.2 Å². The Hall–Kier alpha value is -1.82. The molecule has 0 unspecified atom stereocenters. The first-order valence-electron chi connectivity index (χ1n) is 6.35. The summed E-state index contributed by atoms with van der Waals surface area (Å²) in [5.74, 6) is 0.0505. The fraction of sp³-hybridized carbons (Fsp3) is 0.286. The Morgan fingerprint density at radius 3 is 2.90 bits per heavy atom. The van der Waals surface area contributed by atoms with Gasteiger partial charge in [0.15, 0.2) is 5.16 Å². The molecule has 106 valence electrons. The number of rotatable bonds is 5. The van der Waals surface area contributed by atoms with Gasteiger partial charge in [0.05, 0.1) is 0 Å². The van der Waals surface area contributed by atoms with Crippen molar-refractivity contribution in [2.75, 3.05) is 5.73 Å². The smallest absolute Gasteiger partial charge is 0.251 e. The van der Waals surface area contributed by atoms with Crippen LogP contribution in [0.4, 0.5) is 10.1 Å². The Morgan fingerprint density at radius 1 is 1.40 bits per heavy atom. The van der Waals surface area contributed by atoms with Crippen LogP contribution in [-0.4, -0.2) is 9.97 Å². The Labute approximate surface area is 120 Å². The summed E-state index contributed by atoms with van der Waals surface area (Å²) in [7, 11) is 0. The molecule has 20 heavy (non-hydrogen) atoms. The summed E-state index contributed by atoms with van der Waals surface area (Å²) in [6.07, 6.45) is 1.68. The summed E-state index contributed by atoms with van der Waals surface area (Å²) in [5.41, 5.74) is 7.02. The average Bonchev–Trinajstić information content (AvgIpc) is 2.37. The number of halogens is 1. The molecule has 0 aliphatic carbocycles. The number of anilines is 1. The first-order valence-corrected chi connectivity index (χ1v) is 7.34. The molecule has 2 aromatic rings. The number of thioether (sulfide) groups is 1. The molecule has 3 N–H and O–H groups in total. The number of nitrogens with zero attached hydrogens (tertiary/aromatic N) is 1. The third kappa shape index (κ3) is 3.84. The first-order chi connectivity index (χ1) is 9.58. The van der Waals surface area contributed by atoms with E-state index in [2.05, 4.69) is 9.97 Å². The number of aromatic amines is 1. The van der Waals surface area contributed by atoms with Crippen molar-refractivity contribution in [3.63, 3.8) is 0 Å². The predicted molar refractivity (Wildman–Crippen MR) is 79.2 cm³/mol. The number of nitrogen functional groups attached to an aromatic ring is 1. The third-order valence-corrected chi connectivity index (χ3v) is 3.64. The van der Waals surface area contributed by atoms with Crippen LogP contribution in [0.15, 0.2) is 34.2 Å². The Morgan fingerprint density at radius 2 is 2.20 bits per heavy atom. The van der Waals surface area contributed by atoms with Crippen molar-refractivity contribution in [3.8, 4) is 0 Å². The van der Waals surface area contributed by atoms with E-state index in [1.807, 2.05) is 6.92 Å². The van der Waals surface area contributed by atoms with Gasteiger partial charge in [0.2, 0.25) is 0 Å². The minimum Gasteiger partial charge on any atom is -0.399 e. The van der Waals surface area contributed by atoms with Gasteiger partial charge in [0.1, 0.15) is 5.82 Å². The summed E-state index contributed by atoms with van der Waals surface area (Å²) in [4.78, 5) is 18.5. The molecular weight excluding hydrogens is 277 g/mol. The maximum atomic E-state index is 13.6. The molecular formula is C14H16FN3OS. The topological polar surface area (TPSA) is 71.8 Å². The number of benzene rings is 1. The van der Waals surface area contributed by atoms with Crippen molar-refractivity contribution in [1.29, 1.82) is 0 Å². The Bertz CT molecular complexity index is 657. The lowest BCUT2D eigenvalue weighted by Gasteiger charge is -2.05. The highest BCUT2D eigenvalue weighted by Gasteiger charge is 2.06. The van der Waals surface area contributed by atoms with E-state index >= 15 is 0 Å². The van der Waals surface area contributed by atoms with E-state index in [0.717, 1.165) is 18.5 Å². The first kappa shape index (κ1) is 14.6. The Balaban J connectivity index is 2.12. The maximum absolute atomic E-state index is 13.6. The van der Waals surface area contributed by atoms with Crippen LogP contribution in [0, 0.1) is 5.82 Å². The lowest BCUT2D eigenvalue weighted by Crippen LogP contribution is -2.10. The van der Waals surface area contributed by atoms with Crippen LogP contribution in [0.5, 0.6) is 0 Å². The van der Waals surface area contributed by atoms with Gasteiger partial charge in [-0.1, -0.05) is 31.2 Å². The molecule has 0 saturated carbocycles. The molecule has 0 radical (unpaired) electrons.